The highest BCUT2D eigenvalue weighted by Crippen LogP contribution is 2.45. The third-order valence-electron chi connectivity index (χ3n) is 11.3. The minimum atomic E-state index is 0.650. The average Bonchev–Trinajstić information content (AvgIpc) is 3.87. The van der Waals surface area contributed by atoms with Gasteiger partial charge < -0.3 is 0 Å². The summed E-state index contributed by atoms with van der Waals surface area (Å²) in [6, 6.07) is 67.4. The lowest BCUT2D eigenvalue weighted by Gasteiger charge is -2.14. The van der Waals surface area contributed by atoms with E-state index in [9.17, 15) is 0 Å². The van der Waals surface area contributed by atoms with E-state index in [0.717, 1.165) is 27.8 Å². The number of hydrogen-bond acceptors (Lipinski definition) is 5. The summed E-state index contributed by atoms with van der Waals surface area (Å²) in [7, 11) is 0. The normalized spacial score (nSPS) is 11.8. The van der Waals surface area contributed by atoms with Crippen molar-refractivity contribution in [1.82, 2.24) is 15.0 Å². The van der Waals surface area contributed by atoms with Gasteiger partial charge in [-0.25, -0.2) is 15.0 Å². The zero-order valence-corrected chi connectivity index (χ0v) is 32.7. The van der Waals surface area contributed by atoms with E-state index in [2.05, 4.69) is 170 Å². The van der Waals surface area contributed by atoms with Crippen molar-refractivity contribution in [2.24, 2.45) is 0 Å². The molecule has 270 valence electrons. The molecule has 0 N–H and O–H groups in total. The minimum absolute atomic E-state index is 0.650. The van der Waals surface area contributed by atoms with E-state index in [4.69, 9.17) is 15.0 Å². The molecule has 0 aliphatic carbocycles. The molecule has 3 heterocycles. The predicted molar refractivity (Wildman–Crippen MR) is 248 cm³/mol. The minimum Gasteiger partial charge on any atom is -0.208 e. The molecule has 12 rings (SSSR count). The lowest BCUT2D eigenvalue weighted by atomic mass is 9.91. The van der Waals surface area contributed by atoms with Gasteiger partial charge in [0.1, 0.15) is 0 Å². The van der Waals surface area contributed by atoms with E-state index < -0.39 is 0 Å². The second-order valence-corrected chi connectivity index (χ2v) is 16.8. The maximum atomic E-state index is 5.33. The van der Waals surface area contributed by atoms with Crippen molar-refractivity contribution in [3.05, 3.63) is 188 Å². The van der Waals surface area contributed by atoms with E-state index in [0.29, 0.717) is 17.5 Å². The lowest BCUT2D eigenvalue weighted by molar-refractivity contribution is 1.08. The Labute approximate surface area is 342 Å². The number of fused-ring (bicyclic) bond motifs is 9. The van der Waals surface area contributed by atoms with Crippen molar-refractivity contribution in [2.75, 3.05) is 0 Å². The molecule has 5 heteroatoms. The van der Waals surface area contributed by atoms with Crippen LogP contribution >= 0.6 is 22.7 Å². The zero-order chi connectivity index (χ0) is 38.2. The van der Waals surface area contributed by atoms with E-state index in [1.807, 2.05) is 29.5 Å². The summed E-state index contributed by atoms with van der Waals surface area (Å²) in [4.78, 5) is 15.7. The van der Waals surface area contributed by atoms with E-state index >= 15 is 0 Å². The Bertz CT molecular complexity index is 3580. The van der Waals surface area contributed by atoms with Gasteiger partial charge in [-0.3, -0.25) is 0 Å². The number of rotatable bonds is 5. The molecule has 0 saturated heterocycles. The molecule has 9 aromatic carbocycles. The molecule has 0 fully saturated rings. The van der Waals surface area contributed by atoms with Gasteiger partial charge in [-0.2, -0.15) is 0 Å². The number of thiophene rings is 2. The Hall–Kier alpha value is -7.05. The first-order chi connectivity index (χ1) is 28.7. The Morgan fingerprint density at radius 1 is 0.293 bits per heavy atom. The van der Waals surface area contributed by atoms with Gasteiger partial charge in [0.05, 0.1) is 0 Å². The number of hydrogen-bond donors (Lipinski definition) is 0. The molecular weight excluding hydrogens is 743 g/mol. The van der Waals surface area contributed by atoms with Crippen LogP contribution in [-0.4, -0.2) is 15.0 Å². The van der Waals surface area contributed by atoms with Crippen LogP contribution in [0.4, 0.5) is 0 Å². The predicted octanol–water partition coefficient (Wildman–Crippen LogP) is 15.2. The molecule has 0 aliphatic heterocycles. The quantitative estimate of drug-likeness (QED) is 0.164. The van der Waals surface area contributed by atoms with E-state index in [1.165, 1.54) is 73.0 Å². The fraction of sp³-hybridized carbons (Fsp3) is 0. The van der Waals surface area contributed by atoms with Gasteiger partial charge in [0.2, 0.25) is 0 Å². The zero-order valence-electron chi connectivity index (χ0n) is 31.1. The highest BCUT2D eigenvalue weighted by Gasteiger charge is 2.21. The van der Waals surface area contributed by atoms with E-state index in [-0.39, 0.29) is 0 Å². The van der Waals surface area contributed by atoms with Crippen molar-refractivity contribution in [1.29, 1.82) is 0 Å². The molecule has 0 spiro atoms. The van der Waals surface area contributed by atoms with Crippen LogP contribution in [0.5, 0.6) is 0 Å². The third kappa shape index (κ3) is 5.28. The summed E-state index contributed by atoms with van der Waals surface area (Å²) >= 11 is 3.64. The Balaban J connectivity index is 1.07. The fourth-order valence-corrected chi connectivity index (χ4v) is 11.0. The second-order valence-electron chi connectivity index (χ2n) is 14.7. The van der Waals surface area contributed by atoms with Crippen molar-refractivity contribution >= 4 is 84.6 Å². The number of aromatic nitrogens is 3. The molecule has 0 amide bonds. The molecule has 0 atom stereocenters. The van der Waals surface area contributed by atoms with Crippen LogP contribution in [0, 0.1) is 0 Å². The first-order valence-electron chi connectivity index (χ1n) is 19.4. The lowest BCUT2D eigenvalue weighted by Crippen LogP contribution is -2.01. The maximum absolute atomic E-state index is 5.33. The van der Waals surface area contributed by atoms with E-state index in [1.54, 1.807) is 11.3 Å². The molecule has 3 nitrogen and oxygen atoms in total. The fourth-order valence-electron chi connectivity index (χ4n) is 8.68. The molecule has 0 aliphatic rings. The van der Waals surface area contributed by atoms with Gasteiger partial charge in [-0.05, 0) is 80.2 Å². The molecule has 0 saturated carbocycles. The van der Waals surface area contributed by atoms with Crippen LogP contribution in [-0.2, 0) is 0 Å². The Morgan fingerprint density at radius 3 is 1.78 bits per heavy atom. The van der Waals surface area contributed by atoms with Gasteiger partial charge >= 0.3 is 0 Å². The average molecular weight is 774 g/mol. The summed E-state index contributed by atoms with van der Waals surface area (Å²) < 4.78 is 4.94. The third-order valence-corrected chi connectivity index (χ3v) is 13.7. The summed E-state index contributed by atoms with van der Waals surface area (Å²) in [6.45, 7) is 0. The van der Waals surface area contributed by atoms with Crippen LogP contribution in [0.3, 0.4) is 0 Å². The Kier molecular flexibility index (Phi) is 7.58. The van der Waals surface area contributed by atoms with Gasteiger partial charge in [0, 0.05) is 57.0 Å². The number of benzene rings is 9. The SMILES string of the molecule is c1ccc(-c2nc(-c3ccccc3-c3cccc4sc5ccc(-c6cc7ccccc7c7ccccc67)cc5c34)nc(-c3cccc4c3sc3ccccc34)n2)cc1. The van der Waals surface area contributed by atoms with Crippen molar-refractivity contribution in [3.8, 4) is 56.4 Å². The van der Waals surface area contributed by atoms with Crippen LogP contribution < -0.4 is 0 Å². The van der Waals surface area contributed by atoms with Gasteiger partial charge in [-0.1, -0.05) is 152 Å². The second kappa shape index (κ2) is 13.3. The summed E-state index contributed by atoms with van der Waals surface area (Å²) in [5, 5.41) is 10.0. The van der Waals surface area contributed by atoms with Crippen LogP contribution in [0.25, 0.3) is 118 Å². The smallest absolute Gasteiger partial charge is 0.165 e. The molecule has 3 aromatic heterocycles. The largest absolute Gasteiger partial charge is 0.208 e. The van der Waals surface area contributed by atoms with Gasteiger partial charge in [0.25, 0.3) is 0 Å². The monoisotopic (exact) mass is 773 g/mol. The molecule has 12 aromatic rings. The first kappa shape index (κ1) is 33.1. The highest BCUT2D eigenvalue weighted by molar-refractivity contribution is 7.26. The van der Waals surface area contributed by atoms with Crippen molar-refractivity contribution < 1.29 is 0 Å². The van der Waals surface area contributed by atoms with Gasteiger partial charge in [0.15, 0.2) is 17.5 Å². The number of nitrogens with zero attached hydrogens (tertiary/aromatic N) is 3. The summed E-state index contributed by atoms with van der Waals surface area (Å²) in [6.07, 6.45) is 0. The topological polar surface area (TPSA) is 38.7 Å². The molecule has 58 heavy (non-hydrogen) atoms. The Morgan fingerprint density at radius 2 is 0.897 bits per heavy atom. The van der Waals surface area contributed by atoms with Crippen LogP contribution in [0.15, 0.2) is 188 Å². The van der Waals surface area contributed by atoms with Gasteiger partial charge in [-0.15, -0.1) is 22.7 Å². The maximum Gasteiger partial charge on any atom is 0.165 e. The molecular formula is C53H31N3S2. The van der Waals surface area contributed by atoms with Crippen molar-refractivity contribution in [3.63, 3.8) is 0 Å². The molecule has 0 unspecified atom stereocenters. The van der Waals surface area contributed by atoms with Crippen molar-refractivity contribution in [2.45, 2.75) is 0 Å². The van der Waals surface area contributed by atoms with Crippen LogP contribution in [0.2, 0.25) is 0 Å². The summed E-state index contributed by atoms with van der Waals surface area (Å²) in [5.41, 5.74) is 7.64. The first-order valence-corrected chi connectivity index (χ1v) is 21.1. The summed E-state index contributed by atoms with van der Waals surface area (Å²) in [5.74, 6) is 1.97. The molecule has 0 radical (unpaired) electrons. The standard InChI is InChI=1S/C53H31N3S2/c1-2-14-32(15-3-1)51-54-52(56-53(55-51)43-25-12-24-41-39-21-10-11-26-46(39)58-50(41)43)42-22-9-8-20-38(42)40-23-13-27-48-49(40)45-31-34(28-29-47(45)57-48)44-30-33-16-4-5-17-35(33)36-18-6-7-19-37(36)44/h1-31H. The van der Waals surface area contributed by atoms with Crippen LogP contribution in [0.1, 0.15) is 0 Å². The molecule has 0 bridgehead atoms. The highest BCUT2D eigenvalue weighted by atomic mass is 32.1.